The van der Waals surface area contributed by atoms with Gasteiger partial charge in [0.25, 0.3) is 17.7 Å². The number of carbonyl (C=O) groups excluding carboxylic acids is 4. The smallest absolute Gasteiger partial charge is 0.273 e. The van der Waals surface area contributed by atoms with Gasteiger partial charge in [-0.25, -0.2) is 9.97 Å². The van der Waals surface area contributed by atoms with Crippen LogP contribution >= 0.6 is 11.3 Å². The fraction of sp³-hybridized carbons (Fsp3) is 0.345. The Kier molecular flexibility index (Phi) is 8.95. The Balaban J connectivity index is 1.47. The second kappa shape index (κ2) is 13.0. The number of amides is 4. The molecule has 4 N–H and O–H groups in total. The van der Waals surface area contributed by atoms with E-state index < -0.39 is 35.7 Å². The van der Waals surface area contributed by atoms with Crippen molar-refractivity contribution in [3.8, 4) is 0 Å². The van der Waals surface area contributed by atoms with Crippen molar-refractivity contribution >= 4 is 35.0 Å². The van der Waals surface area contributed by atoms with Gasteiger partial charge in [0.2, 0.25) is 11.8 Å². The second-order valence-corrected chi connectivity index (χ2v) is 11.4. The maximum atomic E-state index is 13.4. The van der Waals surface area contributed by atoms with Crippen LogP contribution in [0.1, 0.15) is 79.4 Å². The lowest BCUT2D eigenvalue weighted by atomic mass is 10.0. The Morgan fingerprint density at radius 2 is 1.88 bits per heavy atom. The van der Waals surface area contributed by atoms with Gasteiger partial charge in [0.05, 0.1) is 24.3 Å². The van der Waals surface area contributed by atoms with Crippen LogP contribution in [-0.4, -0.2) is 68.3 Å². The molecule has 3 aromatic heterocycles. The highest BCUT2D eigenvalue weighted by Gasteiger charge is 2.29. The van der Waals surface area contributed by atoms with Crippen molar-refractivity contribution in [2.75, 3.05) is 19.6 Å². The summed E-state index contributed by atoms with van der Waals surface area (Å²) in [6.45, 7) is 5.40. The molecule has 4 aromatic rings. The number of benzene rings is 1. The molecule has 2 atom stereocenters. The SMILES string of the molecule is Cc1[nH]ncc1C(=O)N1CCNC(=O)c2coc(n2)[C@H](Cc2ccccc2)NC(=O)c2csc(n2)[C@H](C(C)C)NC(=O)C1. The van der Waals surface area contributed by atoms with E-state index >= 15 is 0 Å². The number of oxazole rings is 1. The normalized spacial score (nSPS) is 18.4. The number of nitrogens with one attached hydrogen (secondary N) is 4. The Hall–Kier alpha value is -4.85. The van der Waals surface area contributed by atoms with Crippen LogP contribution in [0.25, 0.3) is 0 Å². The van der Waals surface area contributed by atoms with Crippen molar-refractivity contribution in [2.45, 2.75) is 39.3 Å². The van der Waals surface area contributed by atoms with Crippen molar-refractivity contribution in [1.82, 2.24) is 41.0 Å². The molecule has 1 aliphatic heterocycles. The van der Waals surface area contributed by atoms with E-state index in [-0.39, 0.29) is 42.8 Å². The minimum atomic E-state index is -0.688. The van der Waals surface area contributed by atoms with E-state index in [1.54, 1.807) is 12.3 Å². The first-order valence-electron chi connectivity index (χ1n) is 13.8. The summed E-state index contributed by atoms with van der Waals surface area (Å²) in [5.41, 5.74) is 2.00. The Labute approximate surface area is 251 Å². The van der Waals surface area contributed by atoms with E-state index in [2.05, 4.69) is 36.1 Å². The second-order valence-electron chi connectivity index (χ2n) is 10.5. The Bertz CT molecular complexity index is 1610. The number of aryl methyl sites for hydroxylation is 1. The zero-order chi connectivity index (χ0) is 30.5. The third-order valence-electron chi connectivity index (χ3n) is 6.99. The number of thiazole rings is 1. The summed E-state index contributed by atoms with van der Waals surface area (Å²) in [5.74, 6) is -1.69. The molecule has 0 fully saturated rings. The summed E-state index contributed by atoms with van der Waals surface area (Å²) in [6.07, 6.45) is 2.99. The first-order valence-corrected chi connectivity index (χ1v) is 14.7. The standard InChI is InChI=1S/C29H32N8O5S/c1-16(2)24-28-34-22(15-43-28)26(40)32-20(11-18-7-5-4-6-8-18)27-33-21(14-42-27)25(39)30-9-10-37(13-23(38)35-24)29(41)19-12-31-36-17(19)3/h4-8,12,14-16,20,24H,9-11,13H2,1-3H3,(H,30,39)(H,31,36)(H,32,40)(H,35,38)/t20-,24-/m0/s1. The number of aromatic nitrogens is 4. The quantitative estimate of drug-likeness (QED) is 0.275. The van der Waals surface area contributed by atoms with Gasteiger partial charge in [0, 0.05) is 30.6 Å². The van der Waals surface area contributed by atoms with Crippen molar-refractivity contribution < 1.29 is 23.6 Å². The predicted octanol–water partition coefficient (Wildman–Crippen LogP) is 2.58. The Morgan fingerprint density at radius 3 is 2.60 bits per heavy atom. The van der Waals surface area contributed by atoms with Crippen LogP contribution in [0, 0.1) is 12.8 Å². The number of aromatic amines is 1. The minimum Gasteiger partial charge on any atom is -0.446 e. The molecule has 1 aromatic carbocycles. The topological polar surface area (TPSA) is 175 Å². The third-order valence-corrected chi connectivity index (χ3v) is 7.92. The lowest BCUT2D eigenvalue weighted by Crippen LogP contribution is -2.45. The highest BCUT2D eigenvalue weighted by Crippen LogP contribution is 2.26. The van der Waals surface area contributed by atoms with Gasteiger partial charge in [0.15, 0.2) is 5.69 Å². The highest BCUT2D eigenvalue weighted by molar-refractivity contribution is 7.09. The molecule has 43 heavy (non-hydrogen) atoms. The fourth-order valence-corrected chi connectivity index (χ4v) is 5.68. The van der Waals surface area contributed by atoms with Gasteiger partial charge in [-0.3, -0.25) is 24.3 Å². The lowest BCUT2D eigenvalue weighted by molar-refractivity contribution is -0.122. The average molecular weight is 605 g/mol. The van der Waals surface area contributed by atoms with Crippen LogP contribution in [0.15, 0.2) is 52.6 Å². The number of carbonyl (C=O) groups is 4. The molecule has 0 unspecified atom stereocenters. The maximum Gasteiger partial charge on any atom is 0.273 e. The molecule has 14 heteroatoms. The molecule has 0 saturated carbocycles. The molecule has 224 valence electrons. The largest absolute Gasteiger partial charge is 0.446 e. The average Bonchev–Trinajstić information content (AvgIpc) is 3.76. The van der Waals surface area contributed by atoms with Gasteiger partial charge in [0.1, 0.15) is 23.0 Å². The van der Waals surface area contributed by atoms with E-state index in [0.29, 0.717) is 22.7 Å². The van der Waals surface area contributed by atoms with E-state index in [4.69, 9.17) is 4.42 Å². The molecule has 0 aliphatic carbocycles. The van der Waals surface area contributed by atoms with E-state index in [1.807, 2.05) is 44.2 Å². The first-order chi connectivity index (χ1) is 20.7. The van der Waals surface area contributed by atoms with Crippen LogP contribution in [-0.2, 0) is 11.2 Å². The summed E-state index contributed by atoms with van der Waals surface area (Å²) >= 11 is 1.26. The molecular formula is C29H32N8O5S. The predicted molar refractivity (Wildman–Crippen MR) is 156 cm³/mol. The van der Waals surface area contributed by atoms with E-state index in [9.17, 15) is 19.2 Å². The number of H-pyrrole nitrogens is 1. The van der Waals surface area contributed by atoms with Gasteiger partial charge in [-0.15, -0.1) is 11.3 Å². The van der Waals surface area contributed by atoms with Crippen LogP contribution in [0.3, 0.4) is 0 Å². The van der Waals surface area contributed by atoms with Crippen molar-refractivity contribution in [1.29, 1.82) is 0 Å². The fourth-order valence-electron chi connectivity index (χ4n) is 4.66. The van der Waals surface area contributed by atoms with Gasteiger partial charge in [-0.05, 0) is 18.4 Å². The van der Waals surface area contributed by atoms with Crippen molar-refractivity contribution in [2.24, 2.45) is 5.92 Å². The van der Waals surface area contributed by atoms with Crippen LogP contribution < -0.4 is 16.0 Å². The van der Waals surface area contributed by atoms with Gasteiger partial charge in [-0.2, -0.15) is 5.10 Å². The molecule has 4 bridgehead atoms. The van der Waals surface area contributed by atoms with Gasteiger partial charge < -0.3 is 25.3 Å². The monoisotopic (exact) mass is 604 g/mol. The number of fused-ring (bicyclic) bond motifs is 4. The van der Waals surface area contributed by atoms with E-state index in [1.165, 1.54) is 28.7 Å². The number of hydrogen-bond donors (Lipinski definition) is 4. The molecule has 0 saturated heterocycles. The van der Waals surface area contributed by atoms with Gasteiger partial charge >= 0.3 is 0 Å². The minimum absolute atomic E-state index is 0.0143. The number of rotatable bonds is 4. The molecule has 0 spiro atoms. The summed E-state index contributed by atoms with van der Waals surface area (Å²) in [4.78, 5) is 63.2. The third kappa shape index (κ3) is 6.97. The lowest BCUT2D eigenvalue weighted by Gasteiger charge is -2.25. The maximum absolute atomic E-state index is 13.4. The molecule has 4 amide bonds. The first kappa shape index (κ1) is 29.6. The summed E-state index contributed by atoms with van der Waals surface area (Å²) in [7, 11) is 0. The number of hydrogen-bond acceptors (Lipinski definition) is 9. The van der Waals surface area contributed by atoms with E-state index in [0.717, 1.165) is 5.56 Å². The van der Waals surface area contributed by atoms with Crippen LogP contribution in [0.5, 0.6) is 0 Å². The summed E-state index contributed by atoms with van der Waals surface area (Å²) in [6, 6.07) is 8.33. The zero-order valence-corrected chi connectivity index (χ0v) is 24.7. The highest BCUT2D eigenvalue weighted by atomic mass is 32.1. The molecule has 1 aliphatic rings. The summed E-state index contributed by atoms with van der Waals surface area (Å²) in [5, 5.41) is 17.5. The molecular weight excluding hydrogens is 572 g/mol. The Morgan fingerprint density at radius 1 is 1.09 bits per heavy atom. The van der Waals surface area contributed by atoms with Gasteiger partial charge in [-0.1, -0.05) is 44.2 Å². The van der Waals surface area contributed by atoms with Crippen molar-refractivity contribution in [3.05, 3.63) is 87.3 Å². The van der Waals surface area contributed by atoms with Crippen LogP contribution in [0.2, 0.25) is 0 Å². The summed E-state index contributed by atoms with van der Waals surface area (Å²) < 4.78 is 5.67. The molecule has 0 radical (unpaired) electrons. The van der Waals surface area contributed by atoms with Crippen molar-refractivity contribution in [3.63, 3.8) is 0 Å². The molecule has 4 heterocycles. The van der Waals surface area contributed by atoms with Crippen LogP contribution in [0.4, 0.5) is 0 Å². The molecule has 5 rings (SSSR count). The zero-order valence-electron chi connectivity index (χ0n) is 23.9. The number of nitrogens with zero attached hydrogens (tertiary/aromatic N) is 4. The molecule has 13 nitrogen and oxygen atoms in total.